The molecule has 0 radical (unpaired) electrons. The zero-order chi connectivity index (χ0) is 19.7. The Labute approximate surface area is 162 Å². The highest BCUT2D eigenvalue weighted by molar-refractivity contribution is 5.94. The van der Waals surface area contributed by atoms with Gasteiger partial charge in [0, 0.05) is 37.6 Å². The number of amides is 1. The largest absolute Gasteiger partial charge is 0.496 e. The van der Waals surface area contributed by atoms with Crippen LogP contribution in [0.3, 0.4) is 0 Å². The van der Waals surface area contributed by atoms with Crippen LogP contribution in [-0.4, -0.2) is 46.9 Å². The molecule has 1 aliphatic rings. The SMILES string of the molecule is COc1ccccc1C1CNCCN1C(=O)c1cnc2cc(C)ccn2c1=O. The van der Waals surface area contributed by atoms with Crippen molar-refractivity contribution in [3.63, 3.8) is 0 Å². The second-order valence-corrected chi connectivity index (χ2v) is 6.87. The van der Waals surface area contributed by atoms with Crippen LogP contribution in [0.4, 0.5) is 0 Å². The molecule has 1 atom stereocenters. The van der Waals surface area contributed by atoms with Gasteiger partial charge in [0.1, 0.15) is 17.0 Å². The quantitative estimate of drug-likeness (QED) is 0.752. The van der Waals surface area contributed by atoms with Crippen LogP contribution in [0.25, 0.3) is 5.65 Å². The molecular formula is C21H22N4O3. The van der Waals surface area contributed by atoms with Crippen molar-refractivity contribution in [2.75, 3.05) is 26.7 Å². The predicted molar refractivity (Wildman–Crippen MR) is 106 cm³/mol. The van der Waals surface area contributed by atoms with Crippen LogP contribution in [-0.2, 0) is 0 Å². The zero-order valence-corrected chi connectivity index (χ0v) is 15.9. The minimum Gasteiger partial charge on any atom is -0.496 e. The summed E-state index contributed by atoms with van der Waals surface area (Å²) < 4.78 is 6.90. The Morgan fingerprint density at radius 2 is 2.11 bits per heavy atom. The lowest BCUT2D eigenvalue weighted by Gasteiger charge is -2.37. The molecule has 1 unspecified atom stereocenters. The normalized spacial score (nSPS) is 16.9. The van der Waals surface area contributed by atoms with Crippen LogP contribution in [0, 0.1) is 6.92 Å². The van der Waals surface area contributed by atoms with Crippen molar-refractivity contribution in [2.45, 2.75) is 13.0 Å². The molecule has 1 aliphatic heterocycles. The number of hydrogen-bond acceptors (Lipinski definition) is 5. The van der Waals surface area contributed by atoms with Crippen molar-refractivity contribution in [3.05, 3.63) is 75.8 Å². The summed E-state index contributed by atoms with van der Waals surface area (Å²) in [5.74, 6) is 0.405. The summed E-state index contributed by atoms with van der Waals surface area (Å²) in [6, 6.07) is 11.1. The van der Waals surface area contributed by atoms with Gasteiger partial charge in [-0.25, -0.2) is 4.98 Å². The molecule has 1 saturated heterocycles. The fourth-order valence-corrected chi connectivity index (χ4v) is 3.65. The first-order chi connectivity index (χ1) is 13.6. The predicted octanol–water partition coefficient (Wildman–Crippen LogP) is 1.80. The summed E-state index contributed by atoms with van der Waals surface area (Å²) >= 11 is 0. The second kappa shape index (κ2) is 7.44. The molecule has 1 amide bonds. The van der Waals surface area contributed by atoms with Crippen molar-refractivity contribution < 1.29 is 9.53 Å². The fourth-order valence-electron chi connectivity index (χ4n) is 3.65. The number of ether oxygens (including phenoxy) is 1. The average Bonchev–Trinajstić information content (AvgIpc) is 2.73. The summed E-state index contributed by atoms with van der Waals surface area (Å²) in [7, 11) is 1.61. The Morgan fingerprint density at radius 1 is 1.29 bits per heavy atom. The van der Waals surface area contributed by atoms with Gasteiger partial charge in [-0.3, -0.25) is 14.0 Å². The number of fused-ring (bicyclic) bond motifs is 1. The van der Waals surface area contributed by atoms with Crippen LogP contribution in [0.2, 0.25) is 0 Å². The number of para-hydroxylation sites is 1. The van der Waals surface area contributed by atoms with Crippen molar-refractivity contribution in [2.24, 2.45) is 0 Å². The number of aryl methyl sites for hydroxylation is 1. The van der Waals surface area contributed by atoms with Gasteiger partial charge < -0.3 is 15.0 Å². The molecule has 1 fully saturated rings. The number of carbonyl (C=O) groups excluding carboxylic acids is 1. The number of benzene rings is 1. The molecule has 2 aromatic heterocycles. The van der Waals surface area contributed by atoms with Crippen molar-refractivity contribution in [1.29, 1.82) is 0 Å². The van der Waals surface area contributed by atoms with E-state index in [0.29, 0.717) is 25.3 Å². The lowest BCUT2D eigenvalue weighted by Crippen LogP contribution is -2.49. The molecule has 7 heteroatoms. The Kier molecular flexibility index (Phi) is 4.83. The monoisotopic (exact) mass is 378 g/mol. The van der Waals surface area contributed by atoms with E-state index < -0.39 is 0 Å². The summed E-state index contributed by atoms with van der Waals surface area (Å²) in [5, 5.41) is 3.32. The molecule has 3 heterocycles. The lowest BCUT2D eigenvalue weighted by molar-refractivity contribution is 0.0629. The van der Waals surface area contributed by atoms with Gasteiger partial charge in [0.05, 0.1) is 13.2 Å². The van der Waals surface area contributed by atoms with E-state index in [1.54, 1.807) is 18.2 Å². The maximum atomic E-state index is 13.3. The summed E-state index contributed by atoms with van der Waals surface area (Å²) in [4.78, 5) is 32.3. The number of carbonyl (C=O) groups is 1. The first-order valence-corrected chi connectivity index (χ1v) is 9.23. The van der Waals surface area contributed by atoms with Crippen LogP contribution >= 0.6 is 0 Å². The van der Waals surface area contributed by atoms with E-state index in [0.717, 1.165) is 16.9 Å². The van der Waals surface area contributed by atoms with Crippen LogP contribution in [0.1, 0.15) is 27.5 Å². The van der Waals surface area contributed by atoms with Crippen molar-refractivity contribution in [3.8, 4) is 5.75 Å². The Morgan fingerprint density at radius 3 is 2.93 bits per heavy atom. The molecule has 0 bridgehead atoms. The molecule has 1 aromatic carbocycles. The molecule has 3 aromatic rings. The van der Waals surface area contributed by atoms with Crippen LogP contribution in [0.5, 0.6) is 5.75 Å². The van der Waals surface area contributed by atoms with Gasteiger partial charge in [0.15, 0.2) is 0 Å². The highest BCUT2D eigenvalue weighted by Crippen LogP contribution is 2.30. The topological polar surface area (TPSA) is 75.9 Å². The maximum Gasteiger partial charge on any atom is 0.270 e. The van der Waals surface area contributed by atoms with E-state index in [9.17, 15) is 9.59 Å². The summed E-state index contributed by atoms with van der Waals surface area (Å²) in [6.07, 6.45) is 3.05. The number of nitrogens with zero attached hydrogens (tertiary/aromatic N) is 3. The first kappa shape index (κ1) is 18.2. The highest BCUT2D eigenvalue weighted by Gasteiger charge is 2.32. The van der Waals surface area contributed by atoms with Gasteiger partial charge in [0.2, 0.25) is 0 Å². The third-order valence-electron chi connectivity index (χ3n) is 5.10. The molecular weight excluding hydrogens is 356 g/mol. The molecule has 144 valence electrons. The Bertz CT molecular complexity index is 1090. The highest BCUT2D eigenvalue weighted by atomic mass is 16.5. The summed E-state index contributed by atoms with van der Waals surface area (Å²) in [6.45, 7) is 3.69. The molecule has 4 rings (SSSR count). The number of nitrogens with one attached hydrogen (secondary N) is 1. The Hall–Kier alpha value is -3.19. The standard InChI is InChI=1S/C21H22N4O3/c1-14-7-9-25-19(11-14)23-12-16(21(25)27)20(26)24-10-8-22-13-17(24)15-5-3-4-6-18(15)28-2/h3-7,9,11-12,17,22H,8,10,13H2,1-2H3. The second-order valence-electron chi connectivity index (χ2n) is 6.87. The van der Waals surface area contributed by atoms with Crippen molar-refractivity contribution >= 4 is 11.6 Å². The van der Waals surface area contributed by atoms with E-state index in [1.165, 1.54) is 10.6 Å². The van der Waals surface area contributed by atoms with Gasteiger partial charge in [-0.05, 0) is 30.7 Å². The van der Waals surface area contributed by atoms with E-state index >= 15 is 0 Å². The van der Waals surface area contributed by atoms with Crippen molar-refractivity contribution in [1.82, 2.24) is 19.6 Å². The van der Waals surface area contributed by atoms with Gasteiger partial charge in [0.25, 0.3) is 11.5 Å². The smallest absolute Gasteiger partial charge is 0.270 e. The third kappa shape index (κ3) is 3.14. The molecule has 1 N–H and O–H groups in total. The number of piperazine rings is 1. The first-order valence-electron chi connectivity index (χ1n) is 9.23. The van der Waals surface area contributed by atoms with Crippen LogP contribution < -0.4 is 15.6 Å². The molecule has 28 heavy (non-hydrogen) atoms. The number of hydrogen-bond donors (Lipinski definition) is 1. The zero-order valence-electron chi connectivity index (χ0n) is 15.9. The van der Waals surface area contributed by atoms with E-state index in [2.05, 4.69) is 10.3 Å². The molecule has 0 spiro atoms. The van der Waals surface area contributed by atoms with Gasteiger partial charge in [-0.2, -0.15) is 0 Å². The summed E-state index contributed by atoms with van der Waals surface area (Å²) in [5.41, 5.74) is 2.16. The number of aromatic nitrogens is 2. The van der Waals surface area contributed by atoms with E-state index in [-0.39, 0.29) is 23.1 Å². The van der Waals surface area contributed by atoms with Crippen LogP contribution in [0.15, 0.2) is 53.6 Å². The van der Waals surface area contributed by atoms with Gasteiger partial charge in [-0.15, -0.1) is 0 Å². The number of rotatable bonds is 3. The molecule has 0 saturated carbocycles. The third-order valence-corrected chi connectivity index (χ3v) is 5.10. The average molecular weight is 378 g/mol. The molecule has 7 nitrogen and oxygen atoms in total. The number of methoxy groups -OCH3 is 1. The van der Waals surface area contributed by atoms with E-state index in [1.807, 2.05) is 43.3 Å². The lowest BCUT2D eigenvalue weighted by atomic mass is 10.0. The van der Waals surface area contributed by atoms with Gasteiger partial charge in [-0.1, -0.05) is 18.2 Å². The fraction of sp³-hybridized carbons (Fsp3) is 0.286. The number of pyridine rings is 1. The van der Waals surface area contributed by atoms with Gasteiger partial charge >= 0.3 is 0 Å². The molecule has 0 aliphatic carbocycles. The minimum absolute atomic E-state index is 0.0724. The minimum atomic E-state index is -0.354. The maximum absolute atomic E-state index is 13.3. The van der Waals surface area contributed by atoms with E-state index in [4.69, 9.17) is 4.74 Å². The Balaban J connectivity index is 1.75.